The lowest BCUT2D eigenvalue weighted by Gasteiger charge is -2.34. The molecule has 4 heteroatoms. The van der Waals surface area contributed by atoms with Crippen LogP contribution in [0.5, 0.6) is 0 Å². The van der Waals surface area contributed by atoms with E-state index >= 15 is 0 Å². The van der Waals surface area contributed by atoms with Gasteiger partial charge in [0.25, 0.3) is 0 Å². The summed E-state index contributed by atoms with van der Waals surface area (Å²) in [6, 6.07) is 0.0401. The van der Waals surface area contributed by atoms with Gasteiger partial charge < -0.3 is 10.5 Å². The van der Waals surface area contributed by atoms with Crippen LogP contribution in [-0.4, -0.2) is 21.9 Å². The number of ether oxygens (including phenoxy) is 1. The van der Waals surface area contributed by atoms with E-state index in [-0.39, 0.29) is 12.1 Å². The predicted molar refractivity (Wildman–Crippen MR) is 76.7 cm³/mol. The van der Waals surface area contributed by atoms with Crippen molar-refractivity contribution in [3.8, 4) is 0 Å². The molecule has 0 radical (unpaired) electrons. The minimum atomic E-state index is -0.0238. The fourth-order valence-electron chi connectivity index (χ4n) is 2.90. The fourth-order valence-corrected chi connectivity index (χ4v) is 2.90. The summed E-state index contributed by atoms with van der Waals surface area (Å²) in [5.41, 5.74) is 7.37. The Kier molecular flexibility index (Phi) is 4.99. The van der Waals surface area contributed by atoms with Gasteiger partial charge in [-0.05, 0) is 25.2 Å². The quantitative estimate of drug-likeness (QED) is 0.890. The van der Waals surface area contributed by atoms with Gasteiger partial charge in [-0.25, -0.2) is 0 Å². The Hall–Kier alpha value is -0.870. The van der Waals surface area contributed by atoms with Crippen molar-refractivity contribution in [2.24, 2.45) is 18.7 Å². The van der Waals surface area contributed by atoms with Crippen LogP contribution in [-0.2, 0) is 11.8 Å². The summed E-state index contributed by atoms with van der Waals surface area (Å²) < 4.78 is 8.20. The Morgan fingerprint density at radius 1 is 1.47 bits per heavy atom. The molecule has 1 heterocycles. The van der Waals surface area contributed by atoms with Crippen LogP contribution >= 0.6 is 0 Å². The van der Waals surface area contributed by atoms with Gasteiger partial charge in [0.05, 0.1) is 12.3 Å². The van der Waals surface area contributed by atoms with Gasteiger partial charge in [-0.15, -0.1) is 0 Å². The molecule has 4 unspecified atom stereocenters. The number of nitrogens with two attached hydrogens (primary N) is 1. The van der Waals surface area contributed by atoms with E-state index < -0.39 is 0 Å². The highest BCUT2D eigenvalue weighted by atomic mass is 16.5. The van der Waals surface area contributed by atoms with Crippen LogP contribution in [0.2, 0.25) is 0 Å². The second-order valence-electron chi connectivity index (χ2n) is 5.88. The Labute approximate surface area is 116 Å². The van der Waals surface area contributed by atoms with E-state index in [0.29, 0.717) is 12.0 Å². The zero-order chi connectivity index (χ0) is 13.8. The fraction of sp³-hybridized carbons (Fsp3) is 0.800. The number of hydrogen-bond acceptors (Lipinski definition) is 3. The van der Waals surface area contributed by atoms with Crippen molar-refractivity contribution < 1.29 is 4.74 Å². The van der Waals surface area contributed by atoms with Gasteiger partial charge in [0.15, 0.2) is 0 Å². The molecule has 1 saturated carbocycles. The Balaban J connectivity index is 2.09. The van der Waals surface area contributed by atoms with Crippen molar-refractivity contribution >= 4 is 0 Å². The van der Waals surface area contributed by atoms with Crippen LogP contribution in [0.1, 0.15) is 57.6 Å². The summed E-state index contributed by atoms with van der Waals surface area (Å²) >= 11 is 0. The van der Waals surface area contributed by atoms with E-state index in [0.717, 1.165) is 18.4 Å². The first-order valence-corrected chi connectivity index (χ1v) is 7.51. The van der Waals surface area contributed by atoms with Gasteiger partial charge in [-0.3, -0.25) is 4.68 Å². The molecule has 0 bridgehead atoms. The molecule has 2 N–H and O–H groups in total. The molecule has 2 rings (SSSR count). The van der Waals surface area contributed by atoms with Gasteiger partial charge >= 0.3 is 0 Å². The van der Waals surface area contributed by atoms with Crippen molar-refractivity contribution in [2.75, 3.05) is 0 Å². The molecule has 1 aliphatic rings. The van der Waals surface area contributed by atoms with Crippen molar-refractivity contribution in [3.05, 3.63) is 18.0 Å². The van der Waals surface area contributed by atoms with Crippen LogP contribution in [0.25, 0.3) is 0 Å². The first-order chi connectivity index (χ1) is 9.11. The lowest BCUT2D eigenvalue weighted by Crippen LogP contribution is -2.35. The Morgan fingerprint density at radius 2 is 2.21 bits per heavy atom. The highest BCUT2D eigenvalue weighted by Gasteiger charge is 2.29. The molecule has 1 aromatic heterocycles. The molecule has 1 aliphatic carbocycles. The number of aromatic nitrogens is 2. The molecule has 0 saturated heterocycles. The standard InChI is InChI=1S/C15H27N3O/c1-4-13(16)15(12-9-17-18(3)10-12)19-14-8-6-5-7-11(14)2/h9-11,13-15H,4-8,16H2,1-3H3. The molecule has 1 aromatic rings. The minimum Gasteiger partial charge on any atom is -0.368 e. The largest absolute Gasteiger partial charge is 0.368 e. The Morgan fingerprint density at radius 3 is 2.79 bits per heavy atom. The monoisotopic (exact) mass is 265 g/mol. The van der Waals surface area contributed by atoms with E-state index in [1.807, 2.05) is 24.1 Å². The zero-order valence-electron chi connectivity index (χ0n) is 12.4. The summed E-state index contributed by atoms with van der Waals surface area (Å²) in [7, 11) is 1.93. The minimum absolute atomic E-state index is 0.0238. The lowest BCUT2D eigenvalue weighted by molar-refractivity contribution is -0.0677. The highest BCUT2D eigenvalue weighted by Crippen LogP contribution is 2.32. The van der Waals surface area contributed by atoms with Gasteiger partial charge in [0.2, 0.25) is 0 Å². The van der Waals surface area contributed by atoms with Crippen LogP contribution in [0.15, 0.2) is 12.4 Å². The second-order valence-corrected chi connectivity index (χ2v) is 5.88. The molecular formula is C15H27N3O. The van der Waals surface area contributed by atoms with Crippen LogP contribution in [0.3, 0.4) is 0 Å². The number of rotatable bonds is 5. The molecular weight excluding hydrogens is 238 g/mol. The van der Waals surface area contributed by atoms with Crippen LogP contribution < -0.4 is 5.73 Å². The van der Waals surface area contributed by atoms with Crippen molar-refractivity contribution in [1.29, 1.82) is 0 Å². The number of nitrogens with zero attached hydrogens (tertiary/aromatic N) is 2. The molecule has 0 aromatic carbocycles. The normalized spacial score (nSPS) is 27.2. The molecule has 0 spiro atoms. The van der Waals surface area contributed by atoms with E-state index in [1.54, 1.807) is 0 Å². The maximum absolute atomic E-state index is 6.38. The van der Waals surface area contributed by atoms with E-state index in [4.69, 9.17) is 10.5 Å². The third-order valence-electron chi connectivity index (χ3n) is 4.27. The molecule has 4 nitrogen and oxygen atoms in total. The van der Waals surface area contributed by atoms with E-state index in [9.17, 15) is 0 Å². The van der Waals surface area contributed by atoms with E-state index in [2.05, 4.69) is 18.9 Å². The summed E-state index contributed by atoms with van der Waals surface area (Å²) in [6.45, 7) is 4.41. The van der Waals surface area contributed by atoms with Crippen LogP contribution in [0, 0.1) is 5.92 Å². The maximum Gasteiger partial charge on any atom is 0.101 e. The van der Waals surface area contributed by atoms with E-state index in [1.165, 1.54) is 19.3 Å². The average molecular weight is 265 g/mol. The smallest absolute Gasteiger partial charge is 0.101 e. The summed E-state index contributed by atoms with van der Waals surface area (Å²) in [4.78, 5) is 0. The maximum atomic E-state index is 6.38. The van der Waals surface area contributed by atoms with Gasteiger partial charge in [0.1, 0.15) is 6.10 Å². The Bertz CT molecular complexity index is 390. The zero-order valence-corrected chi connectivity index (χ0v) is 12.4. The molecule has 0 amide bonds. The third-order valence-corrected chi connectivity index (χ3v) is 4.27. The average Bonchev–Trinajstić information content (AvgIpc) is 2.83. The van der Waals surface area contributed by atoms with Gasteiger partial charge in [-0.2, -0.15) is 5.10 Å². The molecule has 19 heavy (non-hydrogen) atoms. The number of hydrogen-bond donors (Lipinski definition) is 1. The SMILES string of the molecule is CCC(N)C(OC1CCCCC1C)c1cnn(C)c1. The van der Waals surface area contributed by atoms with Crippen molar-refractivity contribution in [2.45, 2.75) is 64.2 Å². The third kappa shape index (κ3) is 3.57. The van der Waals surface area contributed by atoms with Crippen molar-refractivity contribution in [3.63, 3.8) is 0 Å². The lowest BCUT2D eigenvalue weighted by atomic mass is 9.87. The topological polar surface area (TPSA) is 53.1 Å². The summed E-state index contributed by atoms with van der Waals surface area (Å²) in [6.07, 6.45) is 10.2. The molecule has 0 aliphatic heterocycles. The molecule has 108 valence electrons. The summed E-state index contributed by atoms with van der Waals surface area (Å²) in [5.74, 6) is 0.636. The molecule has 1 fully saturated rings. The number of aryl methyl sites for hydroxylation is 1. The predicted octanol–water partition coefficient (Wildman–Crippen LogP) is 2.79. The first kappa shape index (κ1) is 14.5. The second kappa shape index (κ2) is 6.53. The van der Waals surface area contributed by atoms with Gasteiger partial charge in [0, 0.05) is 24.8 Å². The summed E-state index contributed by atoms with van der Waals surface area (Å²) in [5, 5.41) is 4.25. The van der Waals surface area contributed by atoms with Gasteiger partial charge in [-0.1, -0.05) is 26.7 Å². The molecule has 4 atom stereocenters. The van der Waals surface area contributed by atoms with Crippen molar-refractivity contribution in [1.82, 2.24) is 9.78 Å². The highest BCUT2D eigenvalue weighted by molar-refractivity contribution is 5.11. The first-order valence-electron chi connectivity index (χ1n) is 7.51. The van der Waals surface area contributed by atoms with Crippen LogP contribution in [0.4, 0.5) is 0 Å².